The third-order valence-electron chi connectivity index (χ3n) is 9.62. The number of esters is 2. The fraction of sp³-hybridized carbons (Fsp3) is 0.444. The number of methoxy groups -OCH3 is 4. The van der Waals surface area contributed by atoms with Crippen LogP contribution in [0.4, 0.5) is 0 Å². The van der Waals surface area contributed by atoms with E-state index < -0.39 is 0 Å². The minimum absolute atomic E-state index is 0.153. The number of pyridine rings is 1. The molecule has 0 atom stereocenters. The number of thiophene rings is 1. The van der Waals surface area contributed by atoms with Gasteiger partial charge in [-0.05, 0) is 99.2 Å². The number of unbranched alkanes of at least 4 members (excludes halogenated alkanes) is 4. The zero-order valence-electron chi connectivity index (χ0n) is 34.7. The summed E-state index contributed by atoms with van der Waals surface area (Å²) in [6, 6.07) is 20.2. The molecular weight excluding hydrogens is 771 g/mol. The molecule has 0 unspecified atom stereocenters. The number of hydrogen-bond donors (Lipinski definition) is 0. The van der Waals surface area contributed by atoms with E-state index in [9.17, 15) is 9.59 Å². The average Bonchev–Trinajstić information content (AvgIpc) is 4.02. The molecule has 0 aliphatic rings. The summed E-state index contributed by atoms with van der Waals surface area (Å²) in [7, 11) is 6.28. The van der Waals surface area contributed by atoms with Gasteiger partial charge in [0, 0.05) is 83.5 Å². The lowest BCUT2D eigenvalue weighted by atomic mass is 10.2. The van der Waals surface area contributed by atoms with Gasteiger partial charge >= 0.3 is 11.9 Å². The standard InChI is InChI=1S/C23H29N3O4.C22H28N2O4S/c1-28-15-6-14-26-21-17-19(30-16-5-3-4-7-22(27)29-2)8-9-20(21)25-23(26)18-10-12-24-13-11-18;1-26-13-7-12-24-19-16-17(28-14-5-3-4-9-21(25)27-2)10-11-18(19)23-22(24)20-8-6-15-29-20/h8-13,17H,3-7,14-16H2,1-2H3;6,8,10-11,15-16H,3-5,7,9,12-14H2,1-2H3. The number of aryl methyl sites for hydroxylation is 2. The van der Waals surface area contributed by atoms with Crippen LogP contribution in [0.1, 0.15) is 64.2 Å². The van der Waals surface area contributed by atoms with Crippen LogP contribution in [0.2, 0.25) is 0 Å². The molecule has 6 rings (SSSR count). The van der Waals surface area contributed by atoms with E-state index in [1.807, 2.05) is 48.5 Å². The number of carbonyl (C=O) groups is 2. The molecular formula is C45H57N5O8S. The first-order chi connectivity index (χ1) is 28.9. The number of nitrogens with zero attached hydrogens (tertiary/aromatic N) is 5. The Morgan fingerprint density at radius 2 is 1.12 bits per heavy atom. The second kappa shape index (κ2) is 24.6. The van der Waals surface area contributed by atoms with E-state index in [-0.39, 0.29) is 11.9 Å². The topological polar surface area (TPSA) is 138 Å². The van der Waals surface area contributed by atoms with E-state index >= 15 is 0 Å². The zero-order valence-corrected chi connectivity index (χ0v) is 35.5. The number of benzene rings is 2. The number of carbonyl (C=O) groups excluding carboxylic acids is 2. The number of hydrogen-bond acceptors (Lipinski definition) is 12. The van der Waals surface area contributed by atoms with Gasteiger partial charge in [-0.25, -0.2) is 9.97 Å². The Kier molecular flexibility index (Phi) is 18.7. The van der Waals surface area contributed by atoms with Crippen molar-refractivity contribution in [3.8, 4) is 33.6 Å². The largest absolute Gasteiger partial charge is 0.494 e. The molecule has 0 amide bonds. The molecule has 0 aliphatic heterocycles. The summed E-state index contributed by atoms with van der Waals surface area (Å²) >= 11 is 1.70. The first-order valence-electron chi connectivity index (χ1n) is 20.3. The predicted molar refractivity (Wildman–Crippen MR) is 231 cm³/mol. The monoisotopic (exact) mass is 827 g/mol. The van der Waals surface area contributed by atoms with Gasteiger partial charge in [-0.1, -0.05) is 6.07 Å². The summed E-state index contributed by atoms with van der Waals surface area (Å²) in [5.41, 5.74) is 5.06. The van der Waals surface area contributed by atoms with E-state index in [0.29, 0.717) is 39.3 Å². The minimum Gasteiger partial charge on any atom is -0.494 e. The summed E-state index contributed by atoms with van der Waals surface area (Å²) in [4.78, 5) is 37.2. The van der Waals surface area contributed by atoms with Gasteiger partial charge in [0.05, 0.1) is 54.4 Å². The summed E-state index contributed by atoms with van der Waals surface area (Å²) in [5, 5.41) is 2.07. The summed E-state index contributed by atoms with van der Waals surface area (Å²) in [6.07, 6.45) is 11.6. The lowest BCUT2D eigenvalue weighted by Crippen LogP contribution is -2.04. The van der Waals surface area contributed by atoms with E-state index in [1.165, 1.54) is 14.2 Å². The number of ether oxygens (including phenoxy) is 6. The van der Waals surface area contributed by atoms with E-state index in [4.69, 9.17) is 28.9 Å². The zero-order chi connectivity index (χ0) is 41.7. The highest BCUT2D eigenvalue weighted by Crippen LogP contribution is 2.31. The van der Waals surface area contributed by atoms with Gasteiger partial charge in [-0.3, -0.25) is 14.6 Å². The molecule has 0 saturated heterocycles. The molecule has 0 saturated carbocycles. The first-order valence-corrected chi connectivity index (χ1v) is 21.2. The molecule has 4 aromatic heterocycles. The van der Waals surface area contributed by atoms with Crippen LogP contribution in [0.15, 0.2) is 78.4 Å². The van der Waals surface area contributed by atoms with Gasteiger partial charge in [0.2, 0.25) is 0 Å². The lowest BCUT2D eigenvalue weighted by molar-refractivity contribution is -0.141. The molecule has 59 heavy (non-hydrogen) atoms. The molecule has 4 heterocycles. The van der Waals surface area contributed by atoms with Crippen molar-refractivity contribution in [2.24, 2.45) is 0 Å². The highest BCUT2D eigenvalue weighted by molar-refractivity contribution is 7.13. The maximum absolute atomic E-state index is 11.1. The Bertz CT molecular complexity index is 2150. The molecule has 2 aromatic carbocycles. The van der Waals surface area contributed by atoms with Gasteiger partial charge in [0.1, 0.15) is 17.3 Å². The normalized spacial score (nSPS) is 11.1. The van der Waals surface area contributed by atoms with Gasteiger partial charge in [0.15, 0.2) is 5.82 Å². The van der Waals surface area contributed by atoms with Crippen molar-refractivity contribution in [2.45, 2.75) is 77.3 Å². The fourth-order valence-electron chi connectivity index (χ4n) is 6.57. The number of rotatable bonds is 24. The predicted octanol–water partition coefficient (Wildman–Crippen LogP) is 9.16. The molecule has 14 heteroatoms. The summed E-state index contributed by atoms with van der Waals surface area (Å²) < 4.78 is 36.1. The number of aromatic nitrogens is 5. The summed E-state index contributed by atoms with van der Waals surface area (Å²) in [6.45, 7) is 4.29. The maximum Gasteiger partial charge on any atom is 0.305 e. The minimum atomic E-state index is -0.159. The lowest BCUT2D eigenvalue weighted by Gasteiger charge is -2.10. The van der Waals surface area contributed by atoms with Crippen LogP contribution < -0.4 is 9.47 Å². The van der Waals surface area contributed by atoms with Crippen LogP contribution in [-0.2, 0) is 41.6 Å². The van der Waals surface area contributed by atoms with Crippen LogP contribution in [0.3, 0.4) is 0 Å². The van der Waals surface area contributed by atoms with E-state index in [1.54, 1.807) is 38.0 Å². The van der Waals surface area contributed by atoms with Crippen molar-refractivity contribution in [3.05, 3.63) is 78.4 Å². The SMILES string of the molecule is COCCCn1c(-c2cccs2)nc2ccc(OCCCCCC(=O)OC)cc21.COCCCn1c(-c2ccncc2)nc2ccc(OCCCCCC(=O)OC)cc21. The molecule has 0 fully saturated rings. The second-order valence-electron chi connectivity index (χ2n) is 13.9. The second-order valence-corrected chi connectivity index (χ2v) is 14.8. The molecule has 0 aliphatic carbocycles. The van der Waals surface area contributed by atoms with Crippen molar-refractivity contribution < 1.29 is 38.0 Å². The van der Waals surface area contributed by atoms with Gasteiger partial charge in [-0.15, -0.1) is 11.3 Å². The van der Waals surface area contributed by atoms with E-state index in [2.05, 4.69) is 41.1 Å². The van der Waals surface area contributed by atoms with Crippen LogP contribution in [0.5, 0.6) is 11.5 Å². The van der Waals surface area contributed by atoms with Crippen LogP contribution >= 0.6 is 11.3 Å². The Morgan fingerprint density at radius 3 is 1.61 bits per heavy atom. The summed E-state index contributed by atoms with van der Waals surface area (Å²) in [5.74, 6) is 3.27. The fourth-order valence-corrected chi connectivity index (χ4v) is 7.29. The number of fused-ring (bicyclic) bond motifs is 2. The third kappa shape index (κ3) is 13.6. The Hall–Kier alpha value is -5.31. The van der Waals surface area contributed by atoms with Gasteiger partial charge in [-0.2, -0.15) is 0 Å². The Morgan fingerprint density at radius 1 is 0.593 bits per heavy atom. The third-order valence-corrected chi connectivity index (χ3v) is 10.5. The van der Waals surface area contributed by atoms with Crippen molar-refractivity contribution in [3.63, 3.8) is 0 Å². The highest BCUT2D eigenvalue weighted by atomic mass is 32.1. The van der Waals surface area contributed by atoms with Crippen molar-refractivity contribution in [2.75, 3.05) is 54.9 Å². The first kappa shape index (κ1) is 44.8. The Labute approximate surface area is 350 Å². The molecule has 316 valence electrons. The van der Waals surface area contributed by atoms with Crippen LogP contribution in [0.25, 0.3) is 44.2 Å². The van der Waals surface area contributed by atoms with Crippen LogP contribution in [-0.4, -0.2) is 90.9 Å². The van der Waals surface area contributed by atoms with Crippen molar-refractivity contribution in [1.29, 1.82) is 0 Å². The van der Waals surface area contributed by atoms with Crippen molar-refractivity contribution >= 4 is 45.3 Å². The average molecular weight is 828 g/mol. The maximum atomic E-state index is 11.1. The molecule has 0 N–H and O–H groups in total. The van der Waals surface area contributed by atoms with Crippen LogP contribution in [0, 0.1) is 0 Å². The smallest absolute Gasteiger partial charge is 0.305 e. The van der Waals surface area contributed by atoms with Gasteiger partial charge < -0.3 is 37.6 Å². The molecule has 0 radical (unpaired) electrons. The quantitative estimate of drug-likeness (QED) is 0.0427. The molecule has 6 aromatic rings. The highest BCUT2D eigenvalue weighted by Gasteiger charge is 2.16. The molecule has 0 bridgehead atoms. The molecule has 13 nitrogen and oxygen atoms in total. The molecule has 0 spiro atoms. The number of imidazole rings is 2. The van der Waals surface area contributed by atoms with E-state index in [0.717, 1.165) is 120 Å². The Balaban J connectivity index is 0.000000224. The van der Waals surface area contributed by atoms with Gasteiger partial charge in [0.25, 0.3) is 0 Å². The van der Waals surface area contributed by atoms with Crippen molar-refractivity contribution in [1.82, 2.24) is 24.1 Å².